The average Bonchev–Trinajstić information content (AvgIpc) is 3.33. The van der Waals surface area contributed by atoms with E-state index < -0.39 is 11.7 Å². The summed E-state index contributed by atoms with van der Waals surface area (Å²) in [6, 6.07) is 15.0. The van der Waals surface area contributed by atoms with E-state index in [1.54, 1.807) is 36.4 Å². The van der Waals surface area contributed by atoms with Crippen LogP contribution in [-0.2, 0) is 6.18 Å². The second kappa shape index (κ2) is 30.5. The Labute approximate surface area is 394 Å². The van der Waals surface area contributed by atoms with Gasteiger partial charge < -0.3 is 9.80 Å². The minimum atomic E-state index is -4.52. The smallest absolute Gasteiger partial charge is 0.337 e. The van der Waals surface area contributed by atoms with Crippen molar-refractivity contribution in [1.82, 2.24) is 34.7 Å². The molecule has 0 bridgehead atoms. The molecule has 3 heterocycles. The molecule has 2 amide bonds. The molecule has 0 atom stereocenters. The minimum Gasteiger partial charge on any atom is -0.337 e. The van der Waals surface area contributed by atoms with E-state index in [0.717, 1.165) is 89.2 Å². The van der Waals surface area contributed by atoms with Gasteiger partial charge in [-0.05, 0) is 62.1 Å². The normalized spacial score (nSPS) is 11.6. The summed E-state index contributed by atoms with van der Waals surface area (Å²) in [6.45, 7) is 11.4. The fourth-order valence-corrected chi connectivity index (χ4v) is 8.18. The Kier molecular flexibility index (Phi) is 24.9. The highest BCUT2D eigenvalue weighted by atomic mass is 19.4. The third kappa shape index (κ3) is 18.9. The van der Waals surface area contributed by atoms with Crippen LogP contribution in [0.5, 0.6) is 0 Å². The van der Waals surface area contributed by atoms with Crippen LogP contribution in [-0.4, -0.2) is 72.7 Å². The topological polar surface area (TPSA) is 105 Å². The summed E-state index contributed by atoms with van der Waals surface area (Å²) < 4.78 is 40.9. The standard InChI is InChI=1S/C54H78F3N7O2/c1-5-9-13-17-21-25-39-63(40-26-22-18-14-10-6-2)52(65)47-33-29-31-45(58-47)50-60-49(43-35-37-44(38-36-43)54(55,56)57)61-51(62-50)46-32-30-34-48(59-46)53(66)64(41-27-23-19-15-11-7-3)42-28-24-20-16-12-8-4/h29-38H,5-28,39-42H2,1-4H3. The first-order valence-electron chi connectivity index (χ1n) is 25.6. The number of pyridine rings is 2. The molecule has 12 heteroatoms. The maximum absolute atomic E-state index is 14.2. The second-order valence-electron chi connectivity index (χ2n) is 17.9. The van der Waals surface area contributed by atoms with Crippen LogP contribution in [0.4, 0.5) is 13.2 Å². The van der Waals surface area contributed by atoms with Crippen molar-refractivity contribution in [1.29, 1.82) is 0 Å². The molecular weight excluding hydrogens is 836 g/mol. The highest BCUT2D eigenvalue weighted by Crippen LogP contribution is 2.31. The fourth-order valence-electron chi connectivity index (χ4n) is 8.18. The van der Waals surface area contributed by atoms with Gasteiger partial charge in [-0.2, -0.15) is 13.2 Å². The van der Waals surface area contributed by atoms with E-state index in [9.17, 15) is 22.8 Å². The zero-order chi connectivity index (χ0) is 47.4. The molecule has 66 heavy (non-hydrogen) atoms. The summed E-state index contributed by atoms with van der Waals surface area (Å²) in [7, 11) is 0. The van der Waals surface area contributed by atoms with Crippen LogP contribution in [0.15, 0.2) is 60.7 Å². The molecule has 0 unspecified atom stereocenters. The largest absolute Gasteiger partial charge is 0.416 e. The number of carbonyl (C=O) groups is 2. The van der Waals surface area contributed by atoms with Crippen LogP contribution in [0.3, 0.4) is 0 Å². The first-order valence-corrected chi connectivity index (χ1v) is 25.6. The lowest BCUT2D eigenvalue weighted by Gasteiger charge is -2.23. The number of rotatable bonds is 33. The van der Waals surface area contributed by atoms with Gasteiger partial charge in [0.2, 0.25) is 0 Å². The number of nitrogens with zero attached hydrogens (tertiary/aromatic N) is 7. The monoisotopic (exact) mass is 914 g/mol. The van der Waals surface area contributed by atoms with Crippen molar-refractivity contribution < 1.29 is 22.8 Å². The number of aromatic nitrogens is 5. The predicted octanol–water partition coefficient (Wildman–Crippen LogP) is 15.0. The molecule has 0 saturated heterocycles. The van der Waals surface area contributed by atoms with Gasteiger partial charge in [0, 0.05) is 31.7 Å². The number of alkyl halides is 3. The molecule has 0 saturated carbocycles. The molecule has 362 valence electrons. The van der Waals surface area contributed by atoms with Gasteiger partial charge in [0.05, 0.1) is 5.56 Å². The number of amides is 2. The molecule has 0 aliphatic carbocycles. The fraction of sp³-hybridized carbons (Fsp3) is 0.611. The molecule has 4 rings (SSSR count). The van der Waals surface area contributed by atoms with Crippen LogP contribution in [0, 0.1) is 0 Å². The van der Waals surface area contributed by atoms with Crippen molar-refractivity contribution in [2.75, 3.05) is 26.2 Å². The Morgan fingerprint density at radius 3 is 1.06 bits per heavy atom. The van der Waals surface area contributed by atoms with E-state index in [0.29, 0.717) is 43.1 Å². The summed E-state index contributed by atoms with van der Waals surface area (Å²) in [5, 5.41) is 0. The lowest BCUT2D eigenvalue weighted by atomic mass is 10.1. The molecule has 0 spiro atoms. The van der Waals surface area contributed by atoms with Gasteiger partial charge in [-0.25, -0.2) is 24.9 Å². The first-order chi connectivity index (χ1) is 32.1. The summed E-state index contributed by atoms with van der Waals surface area (Å²) >= 11 is 0. The number of carbonyl (C=O) groups excluding carboxylic acids is 2. The van der Waals surface area contributed by atoms with E-state index in [-0.39, 0.29) is 40.7 Å². The Morgan fingerprint density at radius 1 is 0.409 bits per heavy atom. The van der Waals surface area contributed by atoms with Crippen molar-refractivity contribution >= 4 is 11.8 Å². The Morgan fingerprint density at radius 2 is 0.727 bits per heavy atom. The molecule has 1 aromatic carbocycles. The van der Waals surface area contributed by atoms with Gasteiger partial charge >= 0.3 is 6.18 Å². The summed E-state index contributed by atoms with van der Waals surface area (Å²) in [4.78, 5) is 56.2. The van der Waals surface area contributed by atoms with Crippen LogP contribution < -0.4 is 0 Å². The molecule has 0 radical (unpaired) electrons. The Bertz CT molecular complexity index is 1850. The third-order valence-electron chi connectivity index (χ3n) is 12.2. The molecule has 0 aliphatic rings. The zero-order valence-corrected chi connectivity index (χ0v) is 40.7. The highest BCUT2D eigenvalue weighted by molar-refractivity contribution is 5.93. The summed E-state index contributed by atoms with van der Waals surface area (Å²) in [5.41, 5.74) is 0.703. The quantitative estimate of drug-likeness (QED) is 0.0438. The SMILES string of the molecule is CCCCCCCCN(CCCCCCCC)C(=O)c1cccc(-c2nc(-c3ccc(C(F)(F)F)cc3)nc(-c3cccc(C(=O)N(CCCCCCCC)CCCCCCCC)n3)n2)n1. The van der Waals surface area contributed by atoms with E-state index in [2.05, 4.69) is 27.7 Å². The van der Waals surface area contributed by atoms with Crippen molar-refractivity contribution in [3.63, 3.8) is 0 Å². The van der Waals surface area contributed by atoms with Crippen LogP contribution in [0.2, 0.25) is 0 Å². The summed E-state index contributed by atoms with van der Waals surface area (Å²) in [6.07, 6.45) is 22.3. The second-order valence-corrected chi connectivity index (χ2v) is 17.9. The Hall–Kier alpha value is -4.74. The molecular formula is C54H78F3N7O2. The number of halogens is 3. The molecule has 3 aromatic heterocycles. The van der Waals surface area contributed by atoms with Gasteiger partial charge in [-0.3, -0.25) is 9.59 Å². The maximum Gasteiger partial charge on any atom is 0.416 e. The molecule has 0 N–H and O–H groups in total. The Balaban J connectivity index is 1.68. The van der Waals surface area contributed by atoms with Crippen molar-refractivity contribution in [2.45, 2.75) is 188 Å². The highest BCUT2D eigenvalue weighted by Gasteiger charge is 2.30. The number of unbranched alkanes of at least 4 members (excludes halogenated alkanes) is 20. The van der Waals surface area contributed by atoms with Crippen molar-refractivity contribution in [3.8, 4) is 34.4 Å². The molecule has 4 aromatic rings. The van der Waals surface area contributed by atoms with Gasteiger partial charge in [0.1, 0.15) is 22.8 Å². The zero-order valence-electron chi connectivity index (χ0n) is 40.7. The first kappa shape index (κ1) is 53.9. The van der Waals surface area contributed by atoms with Gasteiger partial charge in [0.15, 0.2) is 17.5 Å². The van der Waals surface area contributed by atoms with Crippen LogP contribution >= 0.6 is 0 Å². The van der Waals surface area contributed by atoms with E-state index >= 15 is 0 Å². The van der Waals surface area contributed by atoms with Crippen LogP contribution in [0.1, 0.15) is 208 Å². The van der Waals surface area contributed by atoms with Crippen LogP contribution in [0.25, 0.3) is 34.4 Å². The molecule has 9 nitrogen and oxygen atoms in total. The van der Waals surface area contributed by atoms with E-state index in [1.807, 2.05) is 9.80 Å². The van der Waals surface area contributed by atoms with Gasteiger partial charge in [-0.1, -0.05) is 180 Å². The van der Waals surface area contributed by atoms with Gasteiger partial charge in [0.25, 0.3) is 11.8 Å². The minimum absolute atomic E-state index is 0.112. The lowest BCUT2D eigenvalue weighted by Crippen LogP contribution is -2.33. The predicted molar refractivity (Wildman–Crippen MR) is 262 cm³/mol. The maximum atomic E-state index is 14.2. The number of benzene rings is 1. The van der Waals surface area contributed by atoms with E-state index in [1.165, 1.54) is 89.2 Å². The average molecular weight is 914 g/mol. The molecule has 0 aliphatic heterocycles. The number of hydrogen-bond donors (Lipinski definition) is 0. The van der Waals surface area contributed by atoms with Gasteiger partial charge in [-0.15, -0.1) is 0 Å². The lowest BCUT2D eigenvalue weighted by molar-refractivity contribution is -0.137. The third-order valence-corrected chi connectivity index (χ3v) is 12.2. The van der Waals surface area contributed by atoms with Crippen molar-refractivity contribution in [2.24, 2.45) is 0 Å². The molecule has 0 fully saturated rings. The number of hydrogen-bond acceptors (Lipinski definition) is 7. The van der Waals surface area contributed by atoms with Crippen molar-refractivity contribution in [3.05, 3.63) is 77.6 Å². The summed E-state index contributed by atoms with van der Waals surface area (Å²) in [5.74, 6) is 0.0657. The van der Waals surface area contributed by atoms with E-state index in [4.69, 9.17) is 24.9 Å².